The van der Waals surface area contributed by atoms with E-state index >= 15 is 0 Å². The number of hydrogen-bond acceptors (Lipinski definition) is 2. The average molecular weight is 262 g/mol. The summed E-state index contributed by atoms with van der Waals surface area (Å²) in [4.78, 5) is 11.6. The molecule has 100 valence electrons. The second-order valence-electron chi connectivity index (χ2n) is 5.35. The maximum Gasteiger partial charge on any atom is 0.224 e. The van der Waals surface area contributed by atoms with Gasteiger partial charge in [0.2, 0.25) is 5.91 Å². The lowest BCUT2D eigenvalue weighted by Gasteiger charge is -2.36. The van der Waals surface area contributed by atoms with Gasteiger partial charge in [-0.2, -0.15) is 0 Å². The molecule has 0 spiro atoms. The second-order valence-corrected chi connectivity index (χ2v) is 5.66. The Morgan fingerprint density at radius 3 is 2.59 bits per heavy atom. The molecule has 0 heterocycles. The summed E-state index contributed by atoms with van der Waals surface area (Å²) in [5.74, 6) is 0.813. The summed E-state index contributed by atoms with van der Waals surface area (Å²) in [6.45, 7) is 4.35. The van der Waals surface area contributed by atoms with E-state index in [1.807, 2.05) is 0 Å². The first-order valence-corrected chi connectivity index (χ1v) is 7.10. The number of nitrogens with one attached hydrogen (secondary N) is 1. The van der Waals surface area contributed by atoms with E-state index in [1.54, 1.807) is 6.92 Å². The number of amides is 1. The van der Waals surface area contributed by atoms with Crippen molar-refractivity contribution in [3.05, 3.63) is 0 Å². The van der Waals surface area contributed by atoms with Crippen molar-refractivity contribution >= 4 is 17.5 Å². The molecule has 1 fully saturated rings. The zero-order valence-corrected chi connectivity index (χ0v) is 11.6. The van der Waals surface area contributed by atoms with Crippen LogP contribution in [0, 0.1) is 11.8 Å². The van der Waals surface area contributed by atoms with Gasteiger partial charge < -0.3 is 10.4 Å². The molecule has 1 rings (SSSR count). The Bertz CT molecular complexity index is 250. The van der Waals surface area contributed by atoms with Crippen LogP contribution in [0.15, 0.2) is 0 Å². The van der Waals surface area contributed by atoms with E-state index in [-0.39, 0.29) is 11.8 Å². The third kappa shape index (κ3) is 4.47. The largest absolute Gasteiger partial charge is 0.388 e. The van der Waals surface area contributed by atoms with E-state index in [4.69, 9.17) is 11.6 Å². The lowest BCUT2D eigenvalue weighted by molar-refractivity contribution is -0.125. The molecule has 0 aromatic heterocycles. The summed E-state index contributed by atoms with van der Waals surface area (Å²) in [6.07, 6.45) is 4.90. The highest BCUT2D eigenvalue weighted by Gasteiger charge is 2.33. The Morgan fingerprint density at radius 2 is 2.12 bits per heavy atom. The van der Waals surface area contributed by atoms with Gasteiger partial charge in [0.15, 0.2) is 0 Å². The van der Waals surface area contributed by atoms with E-state index in [0.29, 0.717) is 12.4 Å². The predicted molar refractivity (Wildman–Crippen MR) is 70.1 cm³/mol. The lowest BCUT2D eigenvalue weighted by Crippen LogP contribution is -2.46. The molecule has 2 N–H and O–H groups in total. The van der Waals surface area contributed by atoms with Crippen LogP contribution in [0.2, 0.25) is 0 Å². The lowest BCUT2D eigenvalue weighted by atomic mass is 9.78. The minimum atomic E-state index is -0.701. The van der Waals surface area contributed by atoms with Crippen LogP contribution in [0.1, 0.15) is 46.0 Å². The van der Waals surface area contributed by atoms with Gasteiger partial charge in [-0.05, 0) is 31.6 Å². The molecule has 0 saturated heterocycles. The van der Waals surface area contributed by atoms with Crippen molar-refractivity contribution in [1.29, 1.82) is 0 Å². The fraction of sp³-hybridized carbons (Fsp3) is 0.923. The zero-order valence-electron chi connectivity index (χ0n) is 10.8. The molecule has 1 atom stereocenters. The number of aliphatic hydroxyl groups is 1. The molecule has 0 bridgehead atoms. The molecule has 0 aromatic rings. The van der Waals surface area contributed by atoms with Crippen molar-refractivity contribution in [2.24, 2.45) is 11.8 Å². The van der Waals surface area contributed by atoms with Crippen molar-refractivity contribution in [3.8, 4) is 0 Å². The fourth-order valence-corrected chi connectivity index (χ4v) is 2.44. The molecular formula is C13H24ClNO2. The van der Waals surface area contributed by atoms with Gasteiger partial charge in [0.05, 0.1) is 5.60 Å². The molecule has 0 radical (unpaired) electrons. The summed E-state index contributed by atoms with van der Waals surface area (Å²) in [5.41, 5.74) is -0.701. The van der Waals surface area contributed by atoms with E-state index in [9.17, 15) is 9.90 Å². The minimum absolute atomic E-state index is 0.0639. The molecule has 4 heteroatoms. The van der Waals surface area contributed by atoms with Crippen LogP contribution >= 0.6 is 11.6 Å². The Kier molecular flexibility index (Phi) is 5.74. The molecule has 1 amide bonds. The van der Waals surface area contributed by atoms with E-state index in [2.05, 4.69) is 12.2 Å². The average Bonchev–Trinajstić information content (AvgIpc) is 2.36. The molecule has 1 unspecified atom stereocenters. The summed E-state index contributed by atoms with van der Waals surface area (Å²) in [5, 5.41) is 13.1. The zero-order chi connectivity index (χ0) is 12.9. The summed E-state index contributed by atoms with van der Waals surface area (Å²) in [6, 6.07) is 0. The van der Waals surface area contributed by atoms with Gasteiger partial charge in [-0.25, -0.2) is 0 Å². The minimum Gasteiger partial charge on any atom is -0.388 e. The predicted octanol–water partition coefficient (Wildman–Crippen LogP) is 2.31. The van der Waals surface area contributed by atoms with Gasteiger partial charge in [-0.1, -0.05) is 20.3 Å². The number of alkyl halides is 1. The van der Waals surface area contributed by atoms with Gasteiger partial charge in [-0.15, -0.1) is 11.6 Å². The highest BCUT2D eigenvalue weighted by molar-refractivity contribution is 6.19. The van der Waals surface area contributed by atoms with Crippen molar-refractivity contribution in [1.82, 2.24) is 5.32 Å². The molecule has 1 aliphatic rings. The highest BCUT2D eigenvalue weighted by Crippen LogP contribution is 2.33. The number of hydrogen-bond donors (Lipinski definition) is 2. The first-order chi connectivity index (χ1) is 8.00. The number of carbonyl (C=O) groups excluding carboxylic acids is 1. The van der Waals surface area contributed by atoms with E-state index in [0.717, 1.165) is 31.6 Å². The van der Waals surface area contributed by atoms with Crippen LogP contribution in [-0.2, 0) is 4.79 Å². The van der Waals surface area contributed by atoms with Crippen molar-refractivity contribution < 1.29 is 9.90 Å². The Balaban J connectivity index is 2.34. The first kappa shape index (κ1) is 14.8. The first-order valence-electron chi connectivity index (χ1n) is 6.57. The third-order valence-electron chi connectivity index (χ3n) is 3.88. The van der Waals surface area contributed by atoms with E-state index < -0.39 is 5.60 Å². The van der Waals surface area contributed by atoms with Crippen LogP contribution in [-0.4, -0.2) is 29.0 Å². The maximum absolute atomic E-state index is 11.6. The topological polar surface area (TPSA) is 49.3 Å². The van der Waals surface area contributed by atoms with Crippen LogP contribution in [0.4, 0.5) is 0 Å². The quantitative estimate of drug-likeness (QED) is 0.746. The molecule has 3 nitrogen and oxygen atoms in total. The summed E-state index contributed by atoms with van der Waals surface area (Å²) in [7, 11) is 0. The molecule has 1 aliphatic carbocycles. The standard InChI is InChI=1S/C13H24ClNO2/c1-3-11-4-6-13(17,7-5-11)9-15-12(16)10(2)8-14/h10-11,17H,3-9H2,1-2H3,(H,15,16). The normalized spacial score (nSPS) is 30.9. The molecule has 1 saturated carbocycles. The number of rotatable bonds is 5. The Hall–Kier alpha value is -0.280. The van der Waals surface area contributed by atoms with Crippen LogP contribution < -0.4 is 5.32 Å². The van der Waals surface area contributed by atoms with Crippen molar-refractivity contribution in [2.45, 2.75) is 51.6 Å². The highest BCUT2D eigenvalue weighted by atomic mass is 35.5. The summed E-state index contributed by atoms with van der Waals surface area (Å²) >= 11 is 5.62. The van der Waals surface area contributed by atoms with Gasteiger partial charge in [-0.3, -0.25) is 4.79 Å². The maximum atomic E-state index is 11.6. The second kappa shape index (κ2) is 6.60. The Morgan fingerprint density at radius 1 is 1.53 bits per heavy atom. The number of halogens is 1. The monoisotopic (exact) mass is 261 g/mol. The van der Waals surface area contributed by atoms with Gasteiger partial charge in [0.25, 0.3) is 0 Å². The summed E-state index contributed by atoms with van der Waals surface area (Å²) < 4.78 is 0. The SMILES string of the molecule is CCC1CCC(O)(CNC(=O)C(C)CCl)CC1. The number of carbonyl (C=O) groups is 1. The van der Waals surface area contributed by atoms with Crippen LogP contribution in [0.25, 0.3) is 0 Å². The van der Waals surface area contributed by atoms with Crippen LogP contribution in [0.5, 0.6) is 0 Å². The molecular weight excluding hydrogens is 238 g/mol. The van der Waals surface area contributed by atoms with Crippen LogP contribution in [0.3, 0.4) is 0 Å². The van der Waals surface area contributed by atoms with Crippen molar-refractivity contribution in [3.63, 3.8) is 0 Å². The molecule has 17 heavy (non-hydrogen) atoms. The van der Waals surface area contributed by atoms with Crippen molar-refractivity contribution in [2.75, 3.05) is 12.4 Å². The van der Waals surface area contributed by atoms with Gasteiger partial charge in [0.1, 0.15) is 0 Å². The smallest absolute Gasteiger partial charge is 0.224 e. The van der Waals surface area contributed by atoms with Gasteiger partial charge >= 0.3 is 0 Å². The van der Waals surface area contributed by atoms with E-state index in [1.165, 1.54) is 6.42 Å². The molecule has 0 aliphatic heterocycles. The Labute approximate surface area is 109 Å². The molecule has 0 aromatic carbocycles. The van der Waals surface area contributed by atoms with Gasteiger partial charge in [0, 0.05) is 18.3 Å². The third-order valence-corrected chi connectivity index (χ3v) is 4.35. The fourth-order valence-electron chi connectivity index (χ4n) is 2.30.